The number of anilines is 1. The van der Waals surface area contributed by atoms with E-state index >= 15 is 0 Å². The van der Waals surface area contributed by atoms with Crippen LogP contribution in [0.3, 0.4) is 0 Å². The van der Waals surface area contributed by atoms with Gasteiger partial charge >= 0.3 is 0 Å². The number of ketones is 1. The van der Waals surface area contributed by atoms with Crippen molar-refractivity contribution in [2.24, 2.45) is 0 Å². The van der Waals surface area contributed by atoms with Crippen LogP contribution in [0.5, 0.6) is 0 Å². The Balaban J connectivity index is 1.48. The van der Waals surface area contributed by atoms with Crippen LogP contribution in [0, 0.1) is 0 Å². The monoisotopic (exact) mass is 451 g/mol. The topological polar surface area (TPSA) is 126 Å². The van der Waals surface area contributed by atoms with E-state index in [1.54, 1.807) is 25.5 Å². The highest BCUT2D eigenvalue weighted by Crippen LogP contribution is 2.35. The number of Topliss-reactive ketones (excluding diaryl/α,β-unsaturated/α-hetero) is 1. The van der Waals surface area contributed by atoms with Crippen LogP contribution in [0.4, 0.5) is 5.69 Å². The second kappa shape index (κ2) is 7.35. The van der Waals surface area contributed by atoms with Gasteiger partial charge < -0.3 is 10.7 Å². The zero-order valence-electron chi connectivity index (χ0n) is 17.5. The lowest BCUT2D eigenvalue weighted by Crippen LogP contribution is -1.89. The van der Waals surface area contributed by atoms with Gasteiger partial charge in [-0.15, -0.1) is 11.3 Å². The van der Waals surface area contributed by atoms with Crippen LogP contribution in [0.15, 0.2) is 61.1 Å². The number of fused-ring (bicyclic) bond motifs is 2. The average molecular weight is 452 g/mol. The molecule has 0 atom stereocenters. The Morgan fingerprint density at radius 2 is 1.94 bits per heavy atom. The first kappa shape index (κ1) is 19.3. The van der Waals surface area contributed by atoms with Crippen molar-refractivity contribution >= 4 is 44.9 Å². The Kier molecular flexibility index (Phi) is 4.30. The van der Waals surface area contributed by atoms with E-state index in [0.29, 0.717) is 17.2 Å². The second-order valence-electron chi connectivity index (χ2n) is 7.71. The number of imidazole rings is 1. The molecule has 5 aromatic heterocycles. The minimum absolute atomic E-state index is 0.0590. The number of hydrogen-bond donors (Lipinski definition) is 3. The highest BCUT2D eigenvalue weighted by Gasteiger charge is 2.17. The van der Waals surface area contributed by atoms with Crippen molar-refractivity contribution in [3.8, 4) is 33.1 Å². The molecule has 0 aliphatic rings. The molecule has 0 spiro atoms. The summed E-state index contributed by atoms with van der Waals surface area (Å²) in [5, 5.41) is 8.26. The van der Waals surface area contributed by atoms with E-state index in [9.17, 15) is 4.79 Å². The molecule has 0 fully saturated rings. The van der Waals surface area contributed by atoms with Gasteiger partial charge in [0, 0.05) is 40.2 Å². The molecule has 0 radical (unpaired) electrons. The molecule has 160 valence electrons. The normalized spacial score (nSPS) is 11.4. The van der Waals surface area contributed by atoms with Gasteiger partial charge in [-0.3, -0.25) is 14.9 Å². The van der Waals surface area contributed by atoms with Gasteiger partial charge in [0.15, 0.2) is 17.3 Å². The van der Waals surface area contributed by atoms with Crippen LogP contribution < -0.4 is 5.73 Å². The van der Waals surface area contributed by atoms with E-state index in [-0.39, 0.29) is 5.78 Å². The van der Waals surface area contributed by atoms with Crippen LogP contribution in [-0.2, 0) is 0 Å². The minimum Gasteiger partial charge on any atom is -0.397 e. The fraction of sp³-hybridized carbons (Fsp3) is 0.0417. The fourth-order valence-electron chi connectivity index (χ4n) is 3.87. The molecule has 4 N–H and O–H groups in total. The zero-order valence-corrected chi connectivity index (χ0v) is 18.3. The summed E-state index contributed by atoms with van der Waals surface area (Å²) in [6.45, 7) is 1.58. The molecular formula is C24H17N7OS. The van der Waals surface area contributed by atoms with Gasteiger partial charge in [-0.25, -0.2) is 9.97 Å². The quantitative estimate of drug-likeness (QED) is 0.321. The van der Waals surface area contributed by atoms with E-state index in [2.05, 4.69) is 25.1 Å². The Bertz CT molecular complexity index is 1680. The van der Waals surface area contributed by atoms with E-state index in [1.807, 2.05) is 42.5 Å². The van der Waals surface area contributed by atoms with Crippen molar-refractivity contribution in [1.82, 2.24) is 30.1 Å². The summed E-state index contributed by atoms with van der Waals surface area (Å²) in [4.78, 5) is 30.4. The van der Waals surface area contributed by atoms with Crippen LogP contribution in [0.1, 0.15) is 16.6 Å². The summed E-state index contributed by atoms with van der Waals surface area (Å²) >= 11 is 1.47. The molecule has 1 aromatic carbocycles. The Hall–Kier alpha value is -4.37. The van der Waals surface area contributed by atoms with Gasteiger partial charge in [0.1, 0.15) is 5.69 Å². The third kappa shape index (κ3) is 3.26. The van der Waals surface area contributed by atoms with Crippen LogP contribution >= 0.6 is 11.3 Å². The summed E-state index contributed by atoms with van der Waals surface area (Å²) in [5.74, 6) is 0.719. The Morgan fingerprint density at radius 1 is 1.06 bits per heavy atom. The molecule has 6 rings (SSSR count). The van der Waals surface area contributed by atoms with Crippen molar-refractivity contribution in [2.45, 2.75) is 6.92 Å². The third-order valence-corrected chi connectivity index (χ3v) is 6.69. The van der Waals surface area contributed by atoms with Gasteiger partial charge in [-0.05, 0) is 37.3 Å². The summed E-state index contributed by atoms with van der Waals surface area (Å²) in [6, 6.07) is 13.7. The van der Waals surface area contributed by atoms with E-state index < -0.39 is 0 Å². The smallest absolute Gasteiger partial charge is 0.181 e. The number of H-pyrrole nitrogens is 2. The standard InChI is InChI=1S/C24H17N7OS/c1-12(32)19-5-6-20(33-19)16-3-2-4-18-21(16)29-24(28-18)22-17-8-14(10-27-23(17)31-30-22)13-7-15(25)11-26-9-13/h2-11H,25H2,1H3,(H,28,29)(H,27,30,31). The number of nitrogens with one attached hydrogen (secondary N) is 2. The molecule has 0 bridgehead atoms. The first-order valence-electron chi connectivity index (χ1n) is 10.2. The predicted octanol–water partition coefficient (Wildman–Crippen LogP) is 5.08. The summed E-state index contributed by atoms with van der Waals surface area (Å²) in [7, 11) is 0. The molecule has 6 aromatic rings. The lowest BCUT2D eigenvalue weighted by molar-refractivity contribution is 0.102. The molecule has 9 heteroatoms. The molecule has 33 heavy (non-hydrogen) atoms. The average Bonchev–Trinajstić information content (AvgIpc) is 3.55. The number of pyridine rings is 2. The van der Waals surface area contributed by atoms with Gasteiger partial charge in [-0.1, -0.05) is 12.1 Å². The van der Waals surface area contributed by atoms with Gasteiger partial charge in [-0.2, -0.15) is 5.10 Å². The maximum atomic E-state index is 11.7. The Labute approximate surface area is 191 Å². The van der Waals surface area contributed by atoms with Crippen molar-refractivity contribution < 1.29 is 4.79 Å². The first-order chi connectivity index (χ1) is 16.1. The number of nitrogens with zero attached hydrogens (tertiary/aromatic N) is 4. The predicted molar refractivity (Wildman–Crippen MR) is 130 cm³/mol. The summed E-state index contributed by atoms with van der Waals surface area (Å²) in [6.07, 6.45) is 5.12. The summed E-state index contributed by atoms with van der Waals surface area (Å²) < 4.78 is 0. The molecule has 0 unspecified atom stereocenters. The number of nitrogen functional groups attached to an aromatic ring is 1. The van der Waals surface area contributed by atoms with Crippen molar-refractivity contribution in [1.29, 1.82) is 0 Å². The van der Waals surface area contributed by atoms with Crippen LogP contribution in [-0.4, -0.2) is 35.9 Å². The number of carbonyl (C=O) groups is 1. The van der Waals surface area contributed by atoms with Gasteiger partial charge in [0.2, 0.25) is 0 Å². The van der Waals surface area contributed by atoms with Crippen molar-refractivity contribution in [2.75, 3.05) is 5.73 Å². The largest absolute Gasteiger partial charge is 0.397 e. The SMILES string of the molecule is CC(=O)c1ccc(-c2cccc3[nH]c(-c4[nH]nc5ncc(-c6cncc(N)c6)cc45)nc23)s1. The maximum absolute atomic E-state index is 11.7. The van der Waals surface area contributed by atoms with Crippen molar-refractivity contribution in [3.63, 3.8) is 0 Å². The highest BCUT2D eigenvalue weighted by molar-refractivity contribution is 7.17. The summed E-state index contributed by atoms with van der Waals surface area (Å²) in [5.41, 5.74) is 12.3. The number of hydrogen-bond acceptors (Lipinski definition) is 7. The first-order valence-corrected chi connectivity index (χ1v) is 11.0. The molecule has 5 heterocycles. The number of aromatic amines is 2. The molecule has 0 aliphatic carbocycles. The lowest BCUT2D eigenvalue weighted by atomic mass is 10.1. The minimum atomic E-state index is 0.0590. The van der Waals surface area contributed by atoms with Crippen LogP contribution in [0.2, 0.25) is 0 Å². The molecular weight excluding hydrogens is 434 g/mol. The number of para-hydroxylation sites is 1. The molecule has 8 nitrogen and oxygen atoms in total. The second-order valence-corrected chi connectivity index (χ2v) is 8.79. The molecule has 0 saturated heterocycles. The van der Waals surface area contributed by atoms with E-state index in [1.165, 1.54) is 11.3 Å². The van der Waals surface area contributed by atoms with Crippen LogP contribution in [0.25, 0.3) is 55.2 Å². The molecule has 0 saturated carbocycles. The van der Waals surface area contributed by atoms with E-state index in [0.717, 1.165) is 48.6 Å². The number of thiophene rings is 1. The fourth-order valence-corrected chi connectivity index (χ4v) is 4.80. The number of benzene rings is 1. The maximum Gasteiger partial charge on any atom is 0.181 e. The molecule has 0 aliphatic heterocycles. The highest BCUT2D eigenvalue weighted by atomic mass is 32.1. The lowest BCUT2D eigenvalue weighted by Gasteiger charge is -2.02. The number of nitrogens with two attached hydrogens (primary N) is 1. The molecule has 0 amide bonds. The van der Waals surface area contributed by atoms with Gasteiger partial charge in [0.25, 0.3) is 0 Å². The van der Waals surface area contributed by atoms with Crippen molar-refractivity contribution in [3.05, 3.63) is 65.9 Å². The van der Waals surface area contributed by atoms with Gasteiger partial charge in [0.05, 0.1) is 27.0 Å². The number of carbonyl (C=O) groups excluding carboxylic acids is 1. The third-order valence-electron chi connectivity index (χ3n) is 5.47. The van der Waals surface area contributed by atoms with E-state index in [4.69, 9.17) is 10.7 Å². The number of rotatable bonds is 4. The number of aromatic nitrogens is 6. The Morgan fingerprint density at radius 3 is 2.76 bits per heavy atom. The zero-order chi connectivity index (χ0) is 22.5.